The van der Waals surface area contributed by atoms with Crippen molar-refractivity contribution in [2.45, 2.75) is 19.4 Å². The number of halogens is 3. The molecule has 35 heavy (non-hydrogen) atoms. The Morgan fingerprint density at radius 3 is 2.66 bits per heavy atom. The summed E-state index contributed by atoms with van der Waals surface area (Å²) in [5.41, 5.74) is 1.12. The highest BCUT2D eigenvalue weighted by Gasteiger charge is 2.16. The first-order valence-corrected chi connectivity index (χ1v) is 11.3. The van der Waals surface area contributed by atoms with Crippen molar-refractivity contribution in [1.82, 2.24) is 30.2 Å². The van der Waals surface area contributed by atoms with Crippen molar-refractivity contribution in [3.63, 3.8) is 0 Å². The summed E-state index contributed by atoms with van der Waals surface area (Å²) in [7, 11) is 0. The molecule has 3 aromatic heterocycles. The molecular formula is C22H19F3N6O3S. The molecule has 0 radical (unpaired) electrons. The lowest BCUT2D eigenvalue weighted by atomic mass is 10.3. The van der Waals surface area contributed by atoms with Gasteiger partial charge in [0.1, 0.15) is 29.0 Å². The van der Waals surface area contributed by atoms with Crippen LogP contribution in [-0.2, 0) is 19.4 Å². The Morgan fingerprint density at radius 2 is 1.89 bits per heavy atom. The maximum atomic E-state index is 13.6. The number of aromatic nitrogens is 4. The summed E-state index contributed by atoms with van der Waals surface area (Å²) in [5.74, 6) is -2.11. The van der Waals surface area contributed by atoms with Gasteiger partial charge in [0.15, 0.2) is 0 Å². The number of rotatable bonds is 9. The molecule has 0 aliphatic carbocycles. The molecule has 0 aliphatic heterocycles. The summed E-state index contributed by atoms with van der Waals surface area (Å²) < 4.78 is 39.9. The second kappa shape index (κ2) is 10.5. The van der Waals surface area contributed by atoms with Gasteiger partial charge in [0.25, 0.3) is 5.91 Å². The Balaban J connectivity index is 1.29. The number of hydrogen-bond donors (Lipinski definition) is 3. The summed E-state index contributed by atoms with van der Waals surface area (Å²) in [6, 6.07) is 4.86. The molecule has 0 saturated carbocycles. The molecular weight excluding hydrogens is 485 g/mol. The van der Waals surface area contributed by atoms with Gasteiger partial charge < -0.3 is 20.3 Å². The molecule has 0 fully saturated rings. The van der Waals surface area contributed by atoms with E-state index in [1.54, 1.807) is 6.07 Å². The molecule has 2 amide bonds. The quantitative estimate of drug-likeness (QED) is 0.320. The number of benzene rings is 1. The molecule has 0 aliphatic rings. The maximum Gasteiger partial charge on any atom is 0.407 e. The van der Waals surface area contributed by atoms with Crippen LogP contribution in [0.2, 0.25) is 0 Å². The van der Waals surface area contributed by atoms with Crippen LogP contribution in [0.25, 0.3) is 11.0 Å². The smallest absolute Gasteiger partial charge is 0.407 e. The number of nitrogens with one attached hydrogen (secondary N) is 2. The first kappa shape index (κ1) is 24.1. The predicted molar refractivity (Wildman–Crippen MR) is 120 cm³/mol. The number of thiazole rings is 1. The molecule has 0 unspecified atom stereocenters. The average molecular weight is 504 g/mol. The summed E-state index contributed by atoms with van der Waals surface area (Å²) in [6.07, 6.45) is 0.329. The molecule has 4 aromatic rings. The lowest BCUT2D eigenvalue weighted by Gasteiger charge is -2.17. The number of fused-ring (bicyclic) bond motifs is 1. The Labute approximate surface area is 200 Å². The van der Waals surface area contributed by atoms with Gasteiger partial charge in [-0.1, -0.05) is 0 Å². The van der Waals surface area contributed by atoms with Crippen LogP contribution < -0.4 is 5.32 Å². The third kappa shape index (κ3) is 6.12. The van der Waals surface area contributed by atoms with Crippen LogP contribution in [0.5, 0.6) is 0 Å². The molecule has 13 heteroatoms. The van der Waals surface area contributed by atoms with Crippen molar-refractivity contribution in [2.75, 3.05) is 13.1 Å². The van der Waals surface area contributed by atoms with E-state index in [-0.39, 0.29) is 37.4 Å². The van der Waals surface area contributed by atoms with E-state index in [1.165, 1.54) is 33.7 Å². The highest BCUT2D eigenvalue weighted by atomic mass is 32.1. The Morgan fingerprint density at radius 1 is 1.09 bits per heavy atom. The number of H-pyrrole nitrogens is 1. The van der Waals surface area contributed by atoms with Gasteiger partial charge in [0.2, 0.25) is 0 Å². The van der Waals surface area contributed by atoms with Gasteiger partial charge in [-0.15, -0.1) is 11.3 Å². The van der Waals surface area contributed by atoms with E-state index in [0.29, 0.717) is 34.4 Å². The number of imidazole rings is 1. The minimum atomic E-state index is -1.12. The number of nitrogens with zero attached hydrogens (tertiary/aromatic N) is 4. The zero-order valence-corrected chi connectivity index (χ0v) is 18.9. The molecule has 9 nitrogen and oxygen atoms in total. The van der Waals surface area contributed by atoms with Crippen LogP contribution in [0.1, 0.15) is 27.0 Å². The maximum absolute atomic E-state index is 13.6. The van der Waals surface area contributed by atoms with Gasteiger partial charge >= 0.3 is 6.09 Å². The van der Waals surface area contributed by atoms with E-state index < -0.39 is 29.5 Å². The molecule has 0 saturated heterocycles. The van der Waals surface area contributed by atoms with Crippen molar-refractivity contribution in [2.24, 2.45) is 0 Å². The van der Waals surface area contributed by atoms with Crippen molar-refractivity contribution in [3.05, 3.63) is 75.5 Å². The van der Waals surface area contributed by atoms with Crippen LogP contribution in [-0.4, -0.2) is 55.0 Å². The van der Waals surface area contributed by atoms with E-state index >= 15 is 0 Å². The standard InChI is InChI=1S/C22H19F3N6O3S/c23-12-1-2-15-16(8-12)29-19(28-15)3-5-31(22(33)34)6-4-20-30-18(11-35-20)21(32)27-10-17-14(25)7-13(24)9-26-17/h1-2,7-9,11H,3-6,10H2,(H,27,32)(H,28,29)(H,33,34). The van der Waals surface area contributed by atoms with Crippen molar-refractivity contribution >= 4 is 34.4 Å². The number of carboxylic acid groups (broad SMARTS) is 1. The highest BCUT2D eigenvalue weighted by Crippen LogP contribution is 2.15. The van der Waals surface area contributed by atoms with Crippen LogP contribution in [0.4, 0.5) is 18.0 Å². The lowest BCUT2D eigenvalue weighted by molar-refractivity contribution is 0.0945. The van der Waals surface area contributed by atoms with E-state index in [1.807, 2.05) is 0 Å². The van der Waals surface area contributed by atoms with Crippen LogP contribution in [0, 0.1) is 17.5 Å². The van der Waals surface area contributed by atoms with Crippen LogP contribution in [0.15, 0.2) is 35.8 Å². The number of amides is 2. The van der Waals surface area contributed by atoms with Gasteiger partial charge in [0.05, 0.1) is 34.5 Å². The third-order valence-electron chi connectivity index (χ3n) is 5.06. The molecule has 0 spiro atoms. The van der Waals surface area contributed by atoms with E-state index in [0.717, 1.165) is 6.20 Å². The normalized spacial score (nSPS) is 11.1. The number of hydrogen-bond acceptors (Lipinski definition) is 6. The fourth-order valence-electron chi connectivity index (χ4n) is 3.28. The topological polar surface area (TPSA) is 124 Å². The van der Waals surface area contributed by atoms with E-state index in [4.69, 9.17) is 0 Å². The summed E-state index contributed by atoms with van der Waals surface area (Å²) >= 11 is 1.19. The first-order valence-electron chi connectivity index (χ1n) is 10.4. The van der Waals surface area contributed by atoms with Gasteiger partial charge in [-0.3, -0.25) is 9.78 Å². The fourth-order valence-corrected chi connectivity index (χ4v) is 4.05. The number of carbonyl (C=O) groups is 2. The fraction of sp³-hybridized carbons (Fsp3) is 0.227. The second-order valence-electron chi connectivity index (χ2n) is 7.51. The van der Waals surface area contributed by atoms with Gasteiger partial charge in [-0.05, 0) is 12.1 Å². The van der Waals surface area contributed by atoms with E-state index in [9.17, 15) is 27.9 Å². The lowest BCUT2D eigenvalue weighted by Crippen LogP contribution is -2.33. The largest absolute Gasteiger partial charge is 0.465 e. The average Bonchev–Trinajstić information content (AvgIpc) is 3.44. The molecule has 0 atom stereocenters. The van der Waals surface area contributed by atoms with Crippen molar-refractivity contribution in [1.29, 1.82) is 0 Å². The van der Waals surface area contributed by atoms with Crippen molar-refractivity contribution in [3.8, 4) is 0 Å². The number of carbonyl (C=O) groups excluding carboxylic acids is 1. The van der Waals surface area contributed by atoms with E-state index in [2.05, 4.69) is 25.3 Å². The minimum Gasteiger partial charge on any atom is -0.465 e. The Kier molecular flexibility index (Phi) is 7.25. The summed E-state index contributed by atoms with van der Waals surface area (Å²) in [5, 5.41) is 14.0. The molecule has 3 heterocycles. The van der Waals surface area contributed by atoms with Crippen LogP contribution >= 0.6 is 11.3 Å². The van der Waals surface area contributed by atoms with Gasteiger partial charge in [-0.2, -0.15) is 0 Å². The zero-order valence-electron chi connectivity index (χ0n) is 18.1. The number of pyridine rings is 1. The van der Waals surface area contributed by atoms with Crippen molar-refractivity contribution < 1.29 is 27.9 Å². The minimum absolute atomic E-state index is 0.101. The highest BCUT2D eigenvalue weighted by molar-refractivity contribution is 7.09. The monoisotopic (exact) mass is 504 g/mol. The second-order valence-corrected chi connectivity index (χ2v) is 8.45. The molecule has 3 N–H and O–H groups in total. The third-order valence-corrected chi connectivity index (χ3v) is 5.97. The summed E-state index contributed by atoms with van der Waals surface area (Å²) in [4.78, 5) is 40.3. The molecule has 0 bridgehead atoms. The van der Waals surface area contributed by atoms with Gasteiger partial charge in [0, 0.05) is 43.4 Å². The van der Waals surface area contributed by atoms with Crippen LogP contribution in [0.3, 0.4) is 0 Å². The molecule has 182 valence electrons. The zero-order chi connectivity index (χ0) is 24.9. The predicted octanol–water partition coefficient (Wildman–Crippen LogP) is 3.53. The SMILES string of the molecule is O=C(NCc1ncc(F)cc1F)c1csc(CCN(CCc2nc3cc(F)ccc3[nH]2)C(=O)O)n1. The Bertz CT molecular complexity index is 1380. The Hall–Kier alpha value is -4.00. The molecule has 4 rings (SSSR count). The first-order chi connectivity index (χ1) is 16.8. The summed E-state index contributed by atoms with van der Waals surface area (Å²) in [6.45, 7) is 0.0646. The van der Waals surface area contributed by atoms with Gasteiger partial charge in [-0.25, -0.2) is 27.9 Å². The number of aromatic amines is 1. The molecule has 1 aromatic carbocycles.